The molecule has 0 bridgehead atoms. The summed E-state index contributed by atoms with van der Waals surface area (Å²) >= 11 is 1.59. The summed E-state index contributed by atoms with van der Waals surface area (Å²) in [6, 6.07) is 8.53. The molecule has 1 heterocycles. The predicted octanol–water partition coefficient (Wildman–Crippen LogP) is 3.28. The van der Waals surface area contributed by atoms with E-state index in [2.05, 4.69) is 5.32 Å². The zero-order valence-corrected chi connectivity index (χ0v) is 10.6. The van der Waals surface area contributed by atoms with Gasteiger partial charge in [-0.05, 0) is 11.4 Å². The molecule has 0 atom stereocenters. The molecule has 0 saturated heterocycles. The van der Waals surface area contributed by atoms with Crippen molar-refractivity contribution in [2.24, 2.45) is 0 Å². The maximum atomic E-state index is 10.8. The van der Waals surface area contributed by atoms with Crippen LogP contribution in [0.4, 0.5) is 11.4 Å². The van der Waals surface area contributed by atoms with Crippen LogP contribution in [-0.2, 0) is 6.61 Å². The number of ether oxygens (including phenoxy) is 1. The van der Waals surface area contributed by atoms with E-state index >= 15 is 0 Å². The third kappa shape index (κ3) is 2.98. The minimum atomic E-state index is -0.432. The van der Waals surface area contributed by atoms with E-state index in [9.17, 15) is 10.1 Å². The number of non-ortho nitro benzene ring substituents is 1. The zero-order valence-electron chi connectivity index (χ0n) is 9.75. The summed E-state index contributed by atoms with van der Waals surface area (Å²) < 4.78 is 5.55. The monoisotopic (exact) mass is 264 g/mol. The average molecular weight is 264 g/mol. The number of anilines is 1. The van der Waals surface area contributed by atoms with Crippen molar-refractivity contribution in [3.05, 3.63) is 50.7 Å². The first-order valence-corrected chi connectivity index (χ1v) is 6.19. The molecule has 0 aliphatic heterocycles. The van der Waals surface area contributed by atoms with Crippen molar-refractivity contribution in [1.82, 2.24) is 0 Å². The molecule has 0 aliphatic carbocycles. The third-order valence-electron chi connectivity index (χ3n) is 2.35. The number of benzene rings is 1. The number of rotatable bonds is 5. The summed E-state index contributed by atoms with van der Waals surface area (Å²) in [4.78, 5) is 11.4. The Hall–Kier alpha value is -2.08. The molecule has 2 rings (SSSR count). The minimum absolute atomic E-state index is 0.0167. The fourth-order valence-corrected chi connectivity index (χ4v) is 2.08. The van der Waals surface area contributed by atoms with Crippen LogP contribution in [0.25, 0.3) is 0 Å². The molecule has 1 aromatic carbocycles. The fraction of sp³-hybridized carbons (Fsp3) is 0.167. The normalized spacial score (nSPS) is 10.1. The van der Waals surface area contributed by atoms with E-state index in [1.165, 1.54) is 12.1 Å². The summed E-state index contributed by atoms with van der Waals surface area (Å²) in [6.07, 6.45) is 0. The third-order valence-corrected chi connectivity index (χ3v) is 3.20. The molecule has 1 aromatic heterocycles. The molecule has 0 saturated carbocycles. The Morgan fingerprint density at radius 3 is 2.89 bits per heavy atom. The van der Waals surface area contributed by atoms with Crippen molar-refractivity contribution in [3.63, 3.8) is 0 Å². The first kappa shape index (κ1) is 12.4. The van der Waals surface area contributed by atoms with Crippen LogP contribution in [0.15, 0.2) is 35.7 Å². The minimum Gasteiger partial charge on any atom is -0.488 e. The van der Waals surface area contributed by atoms with Crippen molar-refractivity contribution >= 4 is 22.7 Å². The van der Waals surface area contributed by atoms with Crippen LogP contribution >= 0.6 is 11.3 Å². The van der Waals surface area contributed by atoms with Crippen LogP contribution in [0.2, 0.25) is 0 Å². The van der Waals surface area contributed by atoms with Gasteiger partial charge in [0.25, 0.3) is 5.69 Å². The molecule has 5 nitrogen and oxygen atoms in total. The number of nitrogens with zero attached hydrogens (tertiary/aromatic N) is 1. The average Bonchev–Trinajstić information content (AvgIpc) is 2.89. The van der Waals surface area contributed by atoms with Crippen molar-refractivity contribution in [3.8, 4) is 5.75 Å². The Bertz CT molecular complexity index is 540. The predicted molar refractivity (Wildman–Crippen MR) is 71.3 cm³/mol. The fourth-order valence-electron chi connectivity index (χ4n) is 1.47. The van der Waals surface area contributed by atoms with Gasteiger partial charge >= 0.3 is 0 Å². The number of thiophene rings is 1. The molecule has 2 aromatic rings. The lowest BCUT2D eigenvalue weighted by Crippen LogP contribution is -1.97. The maximum absolute atomic E-state index is 10.8. The van der Waals surface area contributed by atoms with Crippen molar-refractivity contribution in [2.45, 2.75) is 6.61 Å². The number of nitrogens with one attached hydrogen (secondary N) is 1. The Kier molecular flexibility index (Phi) is 3.78. The Labute approximate surface area is 108 Å². The molecule has 0 amide bonds. The number of hydrogen-bond acceptors (Lipinski definition) is 5. The van der Waals surface area contributed by atoms with E-state index in [1.54, 1.807) is 24.5 Å². The van der Waals surface area contributed by atoms with Gasteiger partial charge in [-0.25, -0.2) is 0 Å². The van der Waals surface area contributed by atoms with Crippen LogP contribution in [0, 0.1) is 10.1 Å². The lowest BCUT2D eigenvalue weighted by Gasteiger charge is -2.07. The van der Waals surface area contributed by atoms with E-state index in [-0.39, 0.29) is 5.69 Å². The highest BCUT2D eigenvalue weighted by atomic mass is 32.1. The van der Waals surface area contributed by atoms with E-state index < -0.39 is 4.92 Å². The van der Waals surface area contributed by atoms with Gasteiger partial charge < -0.3 is 10.1 Å². The van der Waals surface area contributed by atoms with Crippen molar-refractivity contribution in [1.29, 1.82) is 0 Å². The highest BCUT2D eigenvalue weighted by Crippen LogP contribution is 2.26. The number of hydrogen-bond donors (Lipinski definition) is 1. The standard InChI is InChI=1S/C12H12N2O3S/c1-13-9-5-10(14(15)16)7-11(6-9)17-8-12-3-2-4-18-12/h2-7,13H,8H2,1H3. The zero-order chi connectivity index (χ0) is 13.0. The van der Waals surface area contributed by atoms with Gasteiger partial charge in [-0.3, -0.25) is 10.1 Å². The van der Waals surface area contributed by atoms with Crippen LogP contribution in [0.1, 0.15) is 4.88 Å². The molecule has 0 aliphatic rings. The number of nitro benzene ring substituents is 1. The quantitative estimate of drug-likeness (QED) is 0.665. The van der Waals surface area contributed by atoms with Gasteiger partial charge in [0.15, 0.2) is 0 Å². The Morgan fingerprint density at radius 2 is 2.28 bits per heavy atom. The second-order valence-electron chi connectivity index (χ2n) is 3.59. The summed E-state index contributed by atoms with van der Waals surface area (Å²) in [5.41, 5.74) is 0.674. The van der Waals surface area contributed by atoms with Gasteiger partial charge in [0.1, 0.15) is 12.4 Å². The molecule has 0 unspecified atom stereocenters. The SMILES string of the molecule is CNc1cc(OCc2cccs2)cc([N+](=O)[O-])c1. The van der Waals surface area contributed by atoms with Gasteiger partial charge in [-0.15, -0.1) is 11.3 Å². The van der Waals surface area contributed by atoms with E-state index in [1.807, 2.05) is 17.5 Å². The first-order valence-electron chi connectivity index (χ1n) is 5.31. The van der Waals surface area contributed by atoms with Gasteiger partial charge in [0.05, 0.1) is 11.0 Å². The summed E-state index contributed by atoms with van der Waals surface area (Å²) in [5, 5.41) is 15.6. The Balaban J connectivity index is 2.16. The molecule has 0 fully saturated rings. The van der Waals surface area contributed by atoms with Crippen LogP contribution in [0.3, 0.4) is 0 Å². The van der Waals surface area contributed by atoms with E-state index in [0.717, 1.165) is 4.88 Å². The van der Waals surface area contributed by atoms with E-state index in [0.29, 0.717) is 18.0 Å². The van der Waals surface area contributed by atoms with Gasteiger partial charge in [0, 0.05) is 29.7 Å². The molecular formula is C12H12N2O3S. The molecule has 94 valence electrons. The number of nitro groups is 1. The highest BCUT2D eigenvalue weighted by Gasteiger charge is 2.10. The second-order valence-corrected chi connectivity index (χ2v) is 4.62. The summed E-state index contributed by atoms with van der Waals surface area (Å²) in [7, 11) is 1.71. The van der Waals surface area contributed by atoms with Gasteiger partial charge in [-0.1, -0.05) is 6.07 Å². The summed E-state index contributed by atoms with van der Waals surface area (Å²) in [5.74, 6) is 0.488. The lowest BCUT2D eigenvalue weighted by atomic mass is 10.2. The maximum Gasteiger partial charge on any atom is 0.275 e. The lowest BCUT2D eigenvalue weighted by molar-refractivity contribution is -0.384. The second kappa shape index (κ2) is 5.50. The highest BCUT2D eigenvalue weighted by molar-refractivity contribution is 7.09. The van der Waals surface area contributed by atoms with Crippen LogP contribution in [0.5, 0.6) is 5.75 Å². The van der Waals surface area contributed by atoms with Crippen molar-refractivity contribution < 1.29 is 9.66 Å². The molecule has 1 N–H and O–H groups in total. The smallest absolute Gasteiger partial charge is 0.275 e. The Morgan fingerprint density at radius 1 is 1.44 bits per heavy atom. The van der Waals surface area contributed by atoms with Crippen LogP contribution < -0.4 is 10.1 Å². The van der Waals surface area contributed by atoms with Gasteiger partial charge in [0.2, 0.25) is 0 Å². The molecule has 0 spiro atoms. The molecule has 0 radical (unpaired) electrons. The molecular weight excluding hydrogens is 252 g/mol. The van der Waals surface area contributed by atoms with Gasteiger partial charge in [-0.2, -0.15) is 0 Å². The largest absolute Gasteiger partial charge is 0.488 e. The summed E-state index contributed by atoms with van der Waals surface area (Å²) in [6.45, 7) is 0.419. The topological polar surface area (TPSA) is 64.4 Å². The van der Waals surface area contributed by atoms with Crippen molar-refractivity contribution in [2.75, 3.05) is 12.4 Å². The molecule has 6 heteroatoms. The van der Waals surface area contributed by atoms with E-state index in [4.69, 9.17) is 4.74 Å². The molecule has 18 heavy (non-hydrogen) atoms. The first-order chi connectivity index (χ1) is 8.69. The van der Waals surface area contributed by atoms with Crippen LogP contribution in [-0.4, -0.2) is 12.0 Å².